The average molecular weight is 618 g/mol. The molecule has 13 nitrogen and oxygen atoms in total. The van der Waals surface area contributed by atoms with E-state index in [2.05, 4.69) is 15.3 Å². The first kappa shape index (κ1) is 32.1. The number of benzene rings is 1. The first-order chi connectivity index (χ1) is 20.2. The third-order valence-corrected chi connectivity index (χ3v) is 7.32. The normalized spacial score (nSPS) is 22.1. The number of ether oxygens (including phenoxy) is 2. The van der Waals surface area contributed by atoms with Crippen LogP contribution >= 0.6 is 11.6 Å². The summed E-state index contributed by atoms with van der Waals surface area (Å²) >= 11 is 6.42. The first-order valence-electron chi connectivity index (χ1n) is 13.8. The number of morpholine rings is 2. The van der Waals surface area contributed by atoms with Gasteiger partial charge in [-0.05, 0) is 45.9 Å². The van der Waals surface area contributed by atoms with Crippen LogP contribution in [0.25, 0.3) is 21.8 Å². The minimum atomic E-state index is -1.31. The van der Waals surface area contributed by atoms with Gasteiger partial charge in [-0.25, -0.2) is 0 Å². The number of pyridine rings is 1. The maximum atomic E-state index is 13.6. The second kappa shape index (κ2) is 13.2. The number of fused-ring (bicyclic) bond motifs is 3. The number of hydrogen-bond donors (Lipinski definition) is 4. The zero-order valence-corrected chi connectivity index (χ0v) is 25.2. The van der Waals surface area contributed by atoms with Crippen molar-refractivity contribution in [2.45, 2.75) is 58.0 Å². The van der Waals surface area contributed by atoms with E-state index in [1.807, 2.05) is 49.6 Å². The highest BCUT2D eigenvalue weighted by Crippen LogP contribution is 2.33. The number of amides is 2. The van der Waals surface area contributed by atoms with E-state index in [9.17, 15) is 19.2 Å². The van der Waals surface area contributed by atoms with Gasteiger partial charge in [0.1, 0.15) is 12.5 Å². The Labute approximate surface area is 253 Å². The molecular formula is C29H36ClN5O8. The van der Waals surface area contributed by atoms with E-state index in [0.717, 1.165) is 21.8 Å². The minimum absolute atomic E-state index is 0.0132. The largest absolute Gasteiger partial charge is 0.481 e. The van der Waals surface area contributed by atoms with Gasteiger partial charge >= 0.3 is 11.9 Å². The number of nitrogens with one attached hydrogen (secondary N) is 2. The lowest BCUT2D eigenvalue weighted by molar-refractivity contribution is -0.156. The van der Waals surface area contributed by atoms with Gasteiger partial charge in [-0.3, -0.25) is 29.1 Å². The van der Waals surface area contributed by atoms with E-state index in [4.69, 9.17) is 31.3 Å². The molecule has 2 aliphatic rings. The molecule has 4 N–H and O–H groups in total. The average Bonchev–Trinajstić information content (AvgIpc) is 3.26. The lowest BCUT2D eigenvalue weighted by Crippen LogP contribution is -2.61. The molecule has 3 aromatic rings. The molecule has 2 aromatic heterocycles. The number of hydrogen-bond acceptors (Lipinski definition) is 8. The summed E-state index contributed by atoms with van der Waals surface area (Å²) in [7, 11) is 0. The lowest BCUT2D eigenvalue weighted by Gasteiger charge is -2.43. The van der Waals surface area contributed by atoms with E-state index in [-0.39, 0.29) is 37.2 Å². The summed E-state index contributed by atoms with van der Waals surface area (Å²) in [6.07, 6.45) is 2.62. The van der Waals surface area contributed by atoms with Gasteiger partial charge in [0.05, 0.1) is 53.9 Å². The predicted molar refractivity (Wildman–Crippen MR) is 159 cm³/mol. The highest BCUT2D eigenvalue weighted by molar-refractivity contribution is 6.33. The Balaban J connectivity index is 0.000000541. The third kappa shape index (κ3) is 8.20. The van der Waals surface area contributed by atoms with Gasteiger partial charge in [0, 0.05) is 41.6 Å². The molecule has 0 saturated carbocycles. The molecule has 0 unspecified atom stereocenters. The minimum Gasteiger partial charge on any atom is -0.481 e. The molecule has 4 heterocycles. The molecule has 0 aliphatic carbocycles. The summed E-state index contributed by atoms with van der Waals surface area (Å²) in [6.45, 7) is 9.73. The highest BCUT2D eigenvalue weighted by Gasteiger charge is 2.40. The number of carboxylic acids is 2. The fourth-order valence-corrected chi connectivity index (χ4v) is 5.60. The molecule has 2 aliphatic heterocycles. The van der Waals surface area contributed by atoms with Crippen LogP contribution in [0.2, 0.25) is 5.02 Å². The number of carbonyl (C=O) groups excluding carboxylic acids is 2. The number of aromatic nitrogens is 2. The van der Waals surface area contributed by atoms with E-state index < -0.39 is 30.0 Å². The zero-order valence-electron chi connectivity index (χ0n) is 24.4. The second-order valence-electron chi connectivity index (χ2n) is 11.4. The number of carboxylic acid groups (broad SMARTS) is 2. The van der Waals surface area contributed by atoms with Gasteiger partial charge in [0.25, 0.3) is 0 Å². The molecule has 43 heavy (non-hydrogen) atoms. The molecule has 0 bridgehead atoms. The van der Waals surface area contributed by atoms with Crippen LogP contribution in [-0.2, 0) is 28.7 Å². The van der Waals surface area contributed by atoms with E-state index >= 15 is 0 Å². The van der Waals surface area contributed by atoms with E-state index in [1.54, 1.807) is 18.5 Å². The maximum absolute atomic E-state index is 13.6. The second-order valence-corrected chi connectivity index (χ2v) is 11.9. The third-order valence-electron chi connectivity index (χ3n) is 7.10. The van der Waals surface area contributed by atoms with Crippen LogP contribution in [0.15, 0.2) is 30.6 Å². The van der Waals surface area contributed by atoms with Crippen molar-refractivity contribution in [2.24, 2.45) is 0 Å². The van der Waals surface area contributed by atoms with Crippen LogP contribution in [0.3, 0.4) is 0 Å². The Morgan fingerprint density at radius 2 is 1.79 bits per heavy atom. The number of aromatic amines is 1. The molecule has 14 heteroatoms. The van der Waals surface area contributed by atoms with Crippen LogP contribution in [0.4, 0.5) is 5.69 Å². The number of halogens is 1. The topological polar surface area (TPSA) is 174 Å². The molecular weight excluding hydrogens is 582 g/mol. The fraction of sp³-hybridized carbons (Fsp3) is 0.483. The lowest BCUT2D eigenvalue weighted by atomic mass is 10.0. The molecule has 1 aromatic carbocycles. The number of H-pyrrole nitrogens is 1. The molecule has 232 valence electrons. The molecule has 0 radical (unpaired) electrons. The number of aliphatic carboxylic acids is 2. The number of carbonyl (C=O) groups is 4. The fourth-order valence-electron chi connectivity index (χ4n) is 5.38. The van der Waals surface area contributed by atoms with E-state index in [1.165, 1.54) is 0 Å². The Hall–Kier alpha value is -3.78. The van der Waals surface area contributed by atoms with E-state index in [0.29, 0.717) is 30.3 Å². The number of anilines is 1. The summed E-state index contributed by atoms with van der Waals surface area (Å²) in [4.78, 5) is 56.9. The summed E-state index contributed by atoms with van der Waals surface area (Å²) in [5.41, 5.74) is 1.72. The smallest absolute Gasteiger partial charge is 0.314 e. The number of nitrogens with zero attached hydrogens (tertiary/aromatic N) is 3. The monoisotopic (exact) mass is 617 g/mol. The van der Waals surface area contributed by atoms with Gasteiger partial charge in [-0.15, -0.1) is 0 Å². The highest BCUT2D eigenvalue weighted by atomic mass is 35.5. The SMILES string of the molecule is C[C@@H]1CN(C(=O)CN2CC(C)(C)OC[C@H]2C(=O)Nc2cc(Cl)cc3c2[nH]c2cnccc23)C[C@H](C)O1.O=C(O)CC(=O)O. The van der Waals surface area contributed by atoms with Crippen molar-refractivity contribution in [3.63, 3.8) is 0 Å². The number of rotatable bonds is 6. The first-order valence-corrected chi connectivity index (χ1v) is 14.2. The van der Waals surface area contributed by atoms with Gasteiger partial charge < -0.3 is 34.9 Å². The molecule has 5 rings (SSSR count). The van der Waals surface area contributed by atoms with Gasteiger partial charge in [0.15, 0.2) is 0 Å². The Bertz CT molecular complexity index is 1500. The van der Waals surface area contributed by atoms with Crippen LogP contribution in [0.1, 0.15) is 34.1 Å². The van der Waals surface area contributed by atoms with Gasteiger partial charge in [-0.1, -0.05) is 11.6 Å². The quantitative estimate of drug-likeness (QED) is 0.301. The van der Waals surface area contributed by atoms with Crippen molar-refractivity contribution in [3.8, 4) is 0 Å². The molecule has 0 spiro atoms. The molecule has 2 fully saturated rings. The van der Waals surface area contributed by atoms with Crippen molar-refractivity contribution < 1.29 is 38.9 Å². The summed E-state index contributed by atoms with van der Waals surface area (Å²) in [6, 6.07) is 4.88. The summed E-state index contributed by atoms with van der Waals surface area (Å²) in [5, 5.41) is 20.8. The summed E-state index contributed by atoms with van der Waals surface area (Å²) < 4.78 is 11.8. The van der Waals surface area contributed by atoms with Gasteiger partial charge in [-0.2, -0.15) is 0 Å². The zero-order chi connectivity index (χ0) is 31.5. The maximum Gasteiger partial charge on any atom is 0.314 e. The van der Waals surface area contributed by atoms with Crippen LogP contribution in [0, 0.1) is 0 Å². The van der Waals surface area contributed by atoms with Crippen molar-refractivity contribution >= 4 is 62.8 Å². The van der Waals surface area contributed by atoms with Gasteiger partial charge in [0.2, 0.25) is 11.8 Å². The molecule has 2 amide bonds. The summed E-state index contributed by atoms with van der Waals surface area (Å²) in [5.74, 6) is -2.89. The Morgan fingerprint density at radius 1 is 1.12 bits per heavy atom. The Kier molecular flexibility index (Phi) is 9.90. The van der Waals surface area contributed by atoms with Crippen LogP contribution < -0.4 is 5.32 Å². The molecule has 2 saturated heterocycles. The Morgan fingerprint density at radius 3 is 2.42 bits per heavy atom. The van der Waals surface area contributed by atoms with Crippen molar-refractivity contribution in [3.05, 3.63) is 35.6 Å². The van der Waals surface area contributed by atoms with Crippen molar-refractivity contribution in [2.75, 3.05) is 38.1 Å². The van der Waals surface area contributed by atoms with Crippen molar-refractivity contribution in [1.29, 1.82) is 0 Å². The predicted octanol–water partition coefficient (Wildman–Crippen LogP) is 2.97. The van der Waals surface area contributed by atoms with Crippen LogP contribution in [-0.4, -0.2) is 110 Å². The van der Waals surface area contributed by atoms with Crippen LogP contribution in [0.5, 0.6) is 0 Å². The van der Waals surface area contributed by atoms with Crippen molar-refractivity contribution in [1.82, 2.24) is 19.8 Å². The molecule has 3 atom stereocenters. The standard InChI is InChI=1S/C26H32ClN5O4.C3H4O4/c1-15-10-31(11-16(2)36-15)23(33)12-32-14-26(3,4)35-13-22(32)25(34)30-20-8-17(27)7-19-18-5-6-28-9-21(18)29-24(19)20;4-2(5)1-3(6)7/h5-9,15-16,22,29H,10-14H2,1-4H3,(H,30,34);1H2,(H,4,5)(H,6,7)/t15-,16+,22-;/m0./s1.